The lowest BCUT2D eigenvalue weighted by Gasteiger charge is -2.22. The van der Waals surface area contributed by atoms with Crippen molar-refractivity contribution in [2.45, 2.75) is 39.0 Å². The van der Waals surface area contributed by atoms with E-state index in [0.29, 0.717) is 0 Å². The van der Waals surface area contributed by atoms with Crippen molar-refractivity contribution in [3.05, 3.63) is 50.7 Å². The van der Waals surface area contributed by atoms with Crippen LogP contribution in [0.1, 0.15) is 50.7 Å². The minimum absolute atomic E-state index is 0.0338. The van der Waals surface area contributed by atoms with Crippen LogP contribution in [-0.4, -0.2) is 12.9 Å². The SMILES string of the molecule is COc1cc(C)c(C(=O)C2CCCc3sccc32)cc1C. The minimum Gasteiger partial charge on any atom is -0.496 e. The first-order valence-corrected chi connectivity index (χ1v) is 8.25. The molecule has 2 nitrogen and oxygen atoms in total. The maximum absolute atomic E-state index is 13.0. The number of Topliss-reactive ketones (excluding diaryl/α,β-unsaturated/α-hetero) is 1. The molecule has 2 aromatic rings. The minimum atomic E-state index is 0.0338. The van der Waals surface area contributed by atoms with Crippen molar-refractivity contribution in [1.29, 1.82) is 0 Å². The summed E-state index contributed by atoms with van der Waals surface area (Å²) in [6.07, 6.45) is 3.20. The summed E-state index contributed by atoms with van der Waals surface area (Å²) < 4.78 is 5.34. The predicted molar refractivity (Wildman–Crippen MR) is 86.8 cm³/mol. The Balaban J connectivity index is 1.99. The molecule has 0 saturated carbocycles. The summed E-state index contributed by atoms with van der Waals surface area (Å²) in [5, 5.41) is 2.11. The highest BCUT2D eigenvalue weighted by atomic mass is 32.1. The van der Waals surface area contributed by atoms with E-state index in [1.165, 1.54) is 10.4 Å². The van der Waals surface area contributed by atoms with Gasteiger partial charge in [0, 0.05) is 16.4 Å². The van der Waals surface area contributed by atoms with Crippen LogP contribution in [0.3, 0.4) is 0 Å². The lowest BCUT2D eigenvalue weighted by atomic mass is 9.81. The average Bonchev–Trinajstić information content (AvgIpc) is 2.96. The van der Waals surface area contributed by atoms with Crippen LogP contribution < -0.4 is 4.74 Å². The second-order valence-corrected chi connectivity index (χ2v) is 6.75. The molecule has 1 unspecified atom stereocenters. The number of thiophene rings is 1. The molecule has 0 amide bonds. The predicted octanol–water partition coefficient (Wildman–Crippen LogP) is 4.68. The van der Waals surface area contributed by atoms with Crippen molar-refractivity contribution in [3.8, 4) is 5.75 Å². The normalized spacial score (nSPS) is 17.4. The number of hydrogen-bond donors (Lipinski definition) is 0. The van der Waals surface area contributed by atoms with E-state index in [0.717, 1.165) is 41.7 Å². The van der Waals surface area contributed by atoms with Crippen LogP contribution in [0.2, 0.25) is 0 Å². The summed E-state index contributed by atoms with van der Waals surface area (Å²) >= 11 is 1.78. The molecule has 0 saturated heterocycles. The highest BCUT2D eigenvalue weighted by Crippen LogP contribution is 2.38. The maximum Gasteiger partial charge on any atom is 0.170 e. The van der Waals surface area contributed by atoms with Crippen LogP contribution in [0, 0.1) is 13.8 Å². The van der Waals surface area contributed by atoms with Crippen LogP contribution in [0.25, 0.3) is 0 Å². The summed E-state index contributed by atoms with van der Waals surface area (Å²) in [5.41, 5.74) is 4.12. The second kappa shape index (κ2) is 5.64. The van der Waals surface area contributed by atoms with Gasteiger partial charge in [-0.15, -0.1) is 11.3 Å². The van der Waals surface area contributed by atoms with Crippen molar-refractivity contribution in [3.63, 3.8) is 0 Å². The Morgan fingerprint density at radius 2 is 2.10 bits per heavy atom. The fraction of sp³-hybridized carbons (Fsp3) is 0.389. The van der Waals surface area contributed by atoms with E-state index >= 15 is 0 Å². The molecule has 0 N–H and O–H groups in total. The zero-order valence-electron chi connectivity index (χ0n) is 12.7. The Kier molecular flexibility index (Phi) is 3.85. The number of carbonyl (C=O) groups excluding carboxylic acids is 1. The molecule has 1 heterocycles. The lowest BCUT2D eigenvalue weighted by molar-refractivity contribution is 0.0950. The largest absolute Gasteiger partial charge is 0.496 e. The Labute approximate surface area is 129 Å². The molecule has 3 heteroatoms. The highest BCUT2D eigenvalue weighted by molar-refractivity contribution is 7.10. The van der Waals surface area contributed by atoms with Crippen LogP contribution in [-0.2, 0) is 6.42 Å². The topological polar surface area (TPSA) is 26.3 Å². The van der Waals surface area contributed by atoms with Crippen molar-refractivity contribution in [2.24, 2.45) is 0 Å². The molecule has 0 bridgehead atoms. The molecule has 0 fully saturated rings. The number of hydrogen-bond acceptors (Lipinski definition) is 3. The number of ether oxygens (including phenoxy) is 1. The van der Waals surface area contributed by atoms with Crippen molar-refractivity contribution >= 4 is 17.1 Å². The van der Waals surface area contributed by atoms with Gasteiger partial charge in [0.25, 0.3) is 0 Å². The van der Waals surface area contributed by atoms with Gasteiger partial charge < -0.3 is 4.74 Å². The van der Waals surface area contributed by atoms with Crippen molar-refractivity contribution in [2.75, 3.05) is 7.11 Å². The van der Waals surface area contributed by atoms with Gasteiger partial charge in [-0.25, -0.2) is 0 Å². The first-order chi connectivity index (χ1) is 10.1. The van der Waals surface area contributed by atoms with Gasteiger partial charge in [-0.3, -0.25) is 4.79 Å². The third-order valence-corrected chi connectivity index (χ3v) is 5.37. The average molecular weight is 300 g/mol. The quantitative estimate of drug-likeness (QED) is 0.770. The molecule has 110 valence electrons. The van der Waals surface area contributed by atoms with Gasteiger partial charge in [0.15, 0.2) is 5.78 Å². The summed E-state index contributed by atoms with van der Waals surface area (Å²) in [4.78, 5) is 14.4. The Morgan fingerprint density at radius 1 is 1.29 bits per heavy atom. The third kappa shape index (κ3) is 2.51. The molecule has 1 aliphatic carbocycles. The molecular weight excluding hydrogens is 280 g/mol. The summed E-state index contributed by atoms with van der Waals surface area (Å²) in [6, 6.07) is 6.09. The first-order valence-electron chi connectivity index (χ1n) is 7.37. The van der Waals surface area contributed by atoms with Crippen LogP contribution >= 0.6 is 11.3 Å². The number of ketones is 1. The van der Waals surface area contributed by atoms with E-state index in [-0.39, 0.29) is 11.7 Å². The van der Waals surface area contributed by atoms with Gasteiger partial charge in [0.1, 0.15) is 5.75 Å². The Morgan fingerprint density at radius 3 is 2.86 bits per heavy atom. The second-order valence-electron chi connectivity index (χ2n) is 5.74. The molecule has 0 radical (unpaired) electrons. The van der Waals surface area contributed by atoms with E-state index in [1.54, 1.807) is 18.4 Å². The van der Waals surface area contributed by atoms with Gasteiger partial charge >= 0.3 is 0 Å². The van der Waals surface area contributed by atoms with E-state index < -0.39 is 0 Å². The fourth-order valence-corrected chi connectivity index (χ4v) is 4.21. The lowest BCUT2D eigenvalue weighted by Crippen LogP contribution is -2.18. The molecule has 1 atom stereocenters. The van der Waals surface area contributed by atoms with E-state index in [4.69, 9.17) is 4.74 Å². The van der Waals surface area contributed by atoms with Gasteiger partial charge in [0.2, 0.25) is 0 Å². The summed E-state index contributed by atoms with van der Waals surface area (Å²) in [6.45, 7) is 3.98. The number of methoxy groups -OCH3 is 1. The van der Waals surface area contributed by atoms with Gasteiger partial charge in [-0.2, -0.15) is 0 Å². The number of carbonyl (C=O) groups is 1. The number of aryl methyl sites for hydroxylation is 3. The molecule has 3 rings (SSSR count). The number of rotatable bonds is 3. The van der Waals surface area contributed by atoms with Crippen LogP contribution in [0.15, 0.2) is 23.6 Å². The summed E-state index contributed by atoms with van der Waals surface area (Å²) in [7, 11) is 1.67. The third-order valence-electron chi connectivity index (χ3n) is 4.38. The van der Waals surface area contributed by atoms with Gasteiger partial charge in [0.05, 0.1) is 7.11 Å². The molecule has 0 aliphatic heterocycles. The molecule has 0 spiro atoms. The smallest absolute Gasteiger partial charge is 0.170 e. The number of fused-ring (bicyclic) bond motifs is 1. The molecule has 1 aromatic heterocycles. The molecular formula is C18H20O2S. The van der Waals surface area contributed by atoms with Gasteiger partial charge in [-0.1, -0.05) is 0 Å². The molecule has 1 aromatic carbocycles. The zero-order chi connectivity index (χ0) is 15.0. The standard InChI is InChI=1S/C18H20O2S/c1-11-10-16(20-3)12(2)9-15(11)18(19)14-5-4-6-17-13(14)7-8-21-17/h7-10,14H,4-6H2,1-3H3. The molecule has 21 heavy (non-hydrogen) atoms. The monoisotopic (exact) mass is 300 g/mol. The van der Waals surface area contributed by atoms with Crippen LogP contribution in [0.5, 0.6) is 5.75 Å². The number of benzene rings is 1. The Hall–Kier alpha value is -1.61. The summed E-state index contributed by atoms with van der Waals surface area (Å²) in [5.74, 6) is 1.15. The van der Waals surface area contributed by atoms with E-state index in [9.17, 15) is 4.79 Å². The van der Waals surface area contributed by atoms with E-state index in [1.807, 2.05) is 26.0 Å². The Bertz CT molecular complexity index is 685. The maximum atomic E-state index is 13.0. The highest BCUT2D eigenvalue weighted by Gasteiger charge is 2.29. The van der Waals surface area contributed by atoms with Gasteiger partial charge in [-0.05, 0) is 73.4 Å². The van der Waals surface area contributed by atoms with E-state index in [2.05, 4.69) is 11.4 Å². The first kappa shape index (κ1) is 14.3. The van der Waals surface area contributed by atoms with Crippen molar-refractivity contribution < 1.29 is 9.53 Å². The molecule has 1 aliphatic rings. The fourth-order valence-electron chi connectivity index (χ4n) is 3.22. The zero-order valence-corrected chi connectivity index (χ0v) is 13.5. The van der Waals surface area contributed by atoms with Crippen molar-refractivity contribution in [1.82, 2.24) is 0 Å². The van der Waals surface area contributed by atoms with Crippen LogP contribution in [0.4, 0.5) is 0 Å².